The minimum atomic E-state index is -0.929. The highest BCUT2D eigenvalue weighted by Gasteiger charge is 2.07. The van der Waals surface area contributed by atoms with Crippen molar-refractivity contribution in [1.29, 1.82) is 0 Å². The van der Waals surface area contributed by atoms with Gasteiger partial charge in [0, 0.05) is 18.5 Å². The number of rotatable bonds is 3. The molecule has 3 heteroatoms. The number of hydrogen-bond donors (Lipinski definition) is 2. The topological polar surface area (TPSA) is 49.3 Å². The first-order valence-electron chi connectivity index (χ1n) is 5.12. The molecule has 3 nitrogen and oxygen atoms in total. The molecular weight excluding hydrogens is 202 g/mol. The van der Waals surface area contributed by atoms with E-state index in [1.54, 1.807) is 12.1 Å². The third kappa shape index (κ3) is 3.41. The summed E-state index contributed by atoms with van der Waals surface area (Å²) in [5, 5.41) is 12.0. The van der Waals surface area contributed by atoms with E-state index in [0.29, 0.717) is 12.0 Å². The average molecular weight is 217 g/mol. The van der Waals surface area contributed by atoms with E-state index in [1.807, 2.05) is 20.0 Å². The van der Waals surface area contributed by atoms with Gasteiger partial charge in [-0.1, -0.05) is 23.5 Å². The second kappa shape index (κ2) is 5.94. The van der Waals surface area contributed by atoms with Crippen molar-refractivity contribution < 1.29 is 9.90 Å². The largest absolute Gasteiger partial charge is 0.478 e. The lowest BCUT2D eigenvalue weighted by Crippen LogP contribution is -2.06. The van der Waals surface area contributed by atoms with Crippen molar-refractivity contribution in [2.24, 2.45) is 0 Å². The number of carboxylic acids is 1. The minimum absolute atomic E-state index is 0.275. The summed E-state index contributed by atoms with van der Waals surface area (Å²) in [4.78, 5) is 11.0. The molecule has 1 aromatic carbocycles. The Kier molecular flexibility index (Phi) is 4.56. The Labute approximate surface area is 95.5 Å². The number of hydrogen-bond acceptors (Lipinski definition) is 2. The molecule has 0 amide bonds. The van der Waals surface area contributed by atoms with Gasteiger partial charge in [-0.2, -0.15) is 0 Å². The Morgan fingerprint density at radius 1 is 1.50 bits per heavy atom. The number of carboxylic acid groups (broad SMARTS) is 1. The monoisotopic (exact) mass is 217 g/mol. The first kappa shape index (κ1) is 12.3. The Bertz CT molecular complexity index is 441. The van der Waals surface area contributed by atoms with Crippen LogP contribution in [0.5, 0.6) is 0 Å². The summed E-state index contributed by atoms with van der Waals surface area (Å²) in [7, 11) is 1.86. The van der Waals surface area contributed by atoms with Crippen molar-refractivity contribution in [1.82, 2.24) is 5.32 Å². The van der Waals surface area contributed by atoms with E-state index >= 15 is 0 Å². The number of nitrogens with one attached hydrogen (secondary N) is 1. The van der Waals surface area contributed by atoms with E-state index in [-0.39, 0.29) is 5.56 Å². The molecule has 0 saturated heterocycles. The van der Waals surface area contributed by atoms with Gasteiger partial charge < -0.3 is 10.4 Å². The maximum Gasteiger partial charge on any atom is 0.336 e. The van der Waals surface area contributed by atoms with Crippen molar-refractivity contribution in [2.45, 2.75) is 13.3 Å². The Morgan fingerprint density at radius 2 is 2.25 bits per heavy atom. The maximum absolute atomic E-state index is 11.0. The standard InChI is InChI=1S/C13H15NO2/c1-10-6-7-11(5-3-4-8-14-2)12(9-10)13(15)16/h6-7,9,14H,4,8H2,1-2H3,(H,15,16). The molecule has 0 fully saturated rings. The quantitative estimate of drug-likeness (QED) is 0.598. The molecule has 0 spiro atoms. The number of carbonyl (C=O) groups is 1. The van der Waals surface area contributed by atoms with Crippen molar-refractivity contribution in [3.05, 3.63) is 34.9 Å². The zero-order valence-electron chi connectivity index (χ0n) is 9.50. The van der Waals surface area contributed by atoms with Gasteiger partial charge in [0.1, 0.15) is 0 Å². The van der Waals surface area contributed by atoms with Gasteiger partial charge in [0.15, 0.2) is 0 Å². The van der Waals surface area contributed by atoms with Gasteiger partial charge in [0.2, 0.25) is 0 Å². The highest BCUT2D eigenvalue weighted by Crippen LogP contribution is 2.10. The van der Waals surface area contributed by atoms with Crippen LogP contribution in [0.2, 0.25) is 0 Å². The molecule has 0 aliphatic rings. The van der Waals surface area contributed by atoms with E-state index in [9.17, 15) is 4.79 Å². The van der Waals surface area contributed by atoms with Crippen LogP contribution in [0.15, 0.2) is 18.2 Å². The molecule has 1 rings (SSSR count). The molecule has 0 saturated carbocycles. The summed E-state index contributed by atoms with van der Waals surface area (Å²) in [6.45, 7) is 2.67. The lowest BCUT2D eigenvalue weighted by Gasteiger charge is -2.00. The lowest BCUT2D eigenvalue weighted by atomic mass is 10.0. The fraction of sp³-hybridized carbons (Fsp3) is 0.308. The van der Waals surface area contributed by atoms with E-state index in [1.165, 1.54) is 0 Å². The molecule has 2 N–H and O–H groups in total. The predicted molar refractivity (Wildman–Crippen MR) is 63.6 cm³/mol. The number of aromatic carboxylic acids is 1. The van der Waals surface area contributed by atoms with Crippen LogP contribution in [0.25, 0.3) is 0 Å². The van der Waals surface area contributed by atoms with Gasteiger partial charge in [0.05, 0.1) is 5.56 Å². The molecule has 84 valence electrons. The summed E-state index contributed by atoms with van der Waals surface area (Å²) in [6, 6.07) is 5.27. The minimum Gasteiger partial charge on any atom is -0.478 e. The van der Waals surface area contributed by atoms with E-state index in [2.05, 4.69) is 17.2 Å². The SMILES string of the molecule is CNCCC#Cc1ccc(C)cc1C(=O)O. The van der Waals surface area contributed by atoms with E-state index in [4.69, 9.17) is 5.11 Å². The number of benzene rings is 1. The van der Waals surface area contributed by atoms with Crippen molar-refractivity contribution in [2.75, 3.05) is 13.6 Å². The molecular formula is C13H15NO2. The van der Waals surface area contributed by atoms with Crippen molar-refractivity contribution in [3.8, 4) is 11.8 Å². The molecule has 16 heavy (non-hydrogen) atoms. The van der Waals surface area contributed by atoms with Gasteiger partial charge in [-0.25, -0.2) is 4.79 Å². The first-order valence-corrected chi connectivity index (χ1v) is 5.12. The predicted octanol–water partition coefficient (Wildman–Crippen LogP) is 1.65. The van der Waals surface area contributed by atoms with E-state index < -0.39 is 5.97 Å². The third-order valence-electron chi connectivity index (χ3n) is 2.13. The van der Waals surface area contributed by atoms with Crippen LogP contribution in [0.1, 0.15) is 27.9 Å². The van der Waals surface area contributed by atoms with Gasteiger partial charge in [-0.3, -0.25) is 0 Å². The Hall–Kier alpha value is -1.79. The lowest BCUT2D eigenvalue weighted by molar-refractivity contribution is 0.0696. The molecule has 0 aromatic heterocycles. The van der Waals surface area contributed by atoms with Crippen LogP contribution in [0.3, 0.4) is 0 Å². The Morgan fingerprint density at radius 3 is 2.88 bits per heavy atom. The summed E-state index contributed by atoms with van der Waals surface area (Å²) < 4.78 is 0. The first-order chi connectivity index (χ1) is 7.65. The summed E-state index contributed by atoms with van der Waals surface area (Å²) in [5.41, 5.74) is 1.78. The third-order valence-corrected chi connectivity index (χ3v) is 2.13. The normalized spacial score (nSPS) is 9.38. The molecule has 0 radical (unpaired) electrons. The molecule has 0 atom stereocenters. The average Bonchev–Trinajstić information content (AvgIpc) is 2.26. The zero-order valence-corrected chi connectivity index (χ0v) is 9.50. The summed E-state index contributed by atoms with van der Waals surface area (Å²) in [6.07, 6.45) is 0.712. The molecule has 0 aliphatic carbocycles. The number of aryl methyl sites for hydroxylation is 1. The van der Waals surface area contributed by atoms with Crippen LogP contribution in [-0.2, 0) is 0 Å². The zero-order chi connectivity index (χ0) is 12.0. The maximum atomic E-state index is 11.0. The van der Waals surface area contributed by atoms with Gasteiger partial charge in [0.25, 0.3) is 0 Å². The van der Waals surface area contributed by atoms with Gasteiger partial charge in [-0.15, -0.1) is 0 Å². The second-order valence-electron chi connectivity index (χ2n) is 3.51. The van der Waals surface area contributed by atoms with Crippen LogP contribution < -0.4 is 5.32 Å². The van der Waals surface area contributed by atoms with Crippen molar-refractivity contribution >= 4 is 5.97 Å². The molecule has 1 aromatic rings. The van der Waals surface area contributed by atoms with Crippen LogP contribution in [0, 0.1) is 18.8 Å². The van der Waals surface area contributed by atoms with Crippen LogP contribution in [0.4, 0.5) is 0 Å². The van der Waals surface area contributed by atoms with Gasteiger partial charge >= 0.3 is 5.97 Å². The Balaban J connectivity index is 2.93. The highest BCUT2D eigenvalue weighted by molar-refractivity contribution is 5.91. The highest BCUT2D eigenvalue weighted by atomic mass is 16.4. The van der Waals surface area contributed by atoms with E-state index in [0.717, 1.165) is 12.1 Å². The van der Waals surface area contributed by atoms with Crippen LogP contribution >= 0.6 is 0 Å². The second-order valence-corrected chi connectivity index (χ2v) is 3.51. The van der Waals surface area contributed by atoms with Crippen molar-refractivity contribution in [3.63, 3.8) is 0 Å². The summed E-state index contributed by atoms with van der Waals surface area (Å²) >= 11 is 0. The fourth-order valence-corrected chi connectivity index (χ4v) is 1.29. The molecule has 0 bridgehead atoms. The summed E-state index contributed by atoms with van der Waals surface area (Å²) in [5.74, 6) is 4.90. The van der Waals surface area contributed by atoms with Gasteiger partial charge in [-0.05, 0) is 26.1 Å². The molecule has 0 heterocycles. The van der Waals surface area contributed by atoms with Crippen LogP contribution in [-0.4, -0.2) is 24.7 Å². The smallest absolute Gasteiger partial charge is 0.336 e. The molecule has 0 aliphatic heterocycles. The fourth-order valence-electron chi connectivity index (χ4n) is 1.29. The molecule has 0 unspecified atom stereocenters.